The Morgan fingerprint density at radius 2 is 1.17 bits per heavy atom. The number of rotatable bonds is 9. The summed E-state index contributed by atoms with van der Waals surface area (Å²) in [5.74, 6) is -2.99. The van der Waals surface area contributed by atoms with Crippen LogP contribution in [0.3, 0.4) is 0 Å². The number of fused-ring (bicyclic) bond motifs is 4. The van der Waals surface area contributed by atoms with Crippen LogP contribution in [-0.4, -0.2) is 45.5 Å². The van der Waals surface area contributed by atoms with Crippen LogP contribution in [0.5, 0.6) is 0 Å². The lowest BCUT2D eigenvalue weighted by molar-refractivity contribution is -0.147. The van der Waals surface area contributed by atoms with E-state index in [1.54, 1.807) is 30.3 Å². The van der Waals surface area contributed by atoms with Crippen molar-refractivity contribution in [3.63, 3.8) is 0 Å². The Morgan fingerprint density at radius 3 is 1.79 bits per heavy atom. The fraction of sp³-hybridized carbons (Fsp3) is 0.312. The number of furan rings is 1. The third-order valence-corrected chi connectivity index (χ3v) is 15.5. The summed E-state index contributed by atoms with van der Waals surface area (Å²) in [6, 6.07) is 35.5. The van der Waals surface area contributed by atoms with Gasteiger partial charge in [-0.2, -0.15) is 0 Å². The number of aromatic carboxylic acids is 1. The van der Waals surface area contributed by atoms with Gasteiger partial charge in [-0.05, 0) is 147 Å². The maximum absolute atomic E-state index is 12.3. The maximum Gasteiger partial charge on any atom is 0.336 e. The molecule has 6 aromatic carbocycles. The summed E-state index contributed by atoms with van der Waals surface area (Å²) in [4.78, 5) is 70.6. The van der Waals surface area contributed by atoms with Gasteiger partial charge in [0.15, 0.2) is 11.6 Å². The van der Waals surface area contributed by atoms with E-state index in [1.807, 2.05) is 107 Å². The van der Waals surface area contributed by atoms with Crippen LogP contribution >= 0.6 is 23.2 Å². The van der Waals surface area contributed by atoms with Crippen LogP contribution in [0.15, 0.2) is 126 Å². The van der Waals surface area contributed by atoms with Crippen LogP contribution in [0, 0.1) is 45.4 Å². The van der Waals surface area contributed by atoms with Gasteiger partial charge in [0.2, 0.25) is 11.8 Å². The molecular formula is C64H68Cl2N2O9. The predicted molar refractivity (Wildman–Crippen MR) is 309 cm³/mol. The average molecular weight is 1080 g/mol. The zero-order valence-electron chi connectivity index (χ0n) is 43.6. The fourth-order valence-corrected chi connectivity index (χ4v) is 10.4. The van der Waals surface area contributed by atoms with Gasteiger partial charge < -0.3 is 25.3 Å². The molecule has 0 unspecified atom stereocenters. The smallest absolute Gasteiger partial charge is 0.336 e. The second-order valence-electron chi connectivity index (χ2n) is 20.0. The van der Waals surface area contributed by atoms with Crippen molar-refractivity contribution >= 4 is 97.4 Å². The van der Waals surface area contributed by atoms with E-state index in [4.69, 9.17) is 32.7 Å². The largest absolute Gasteiger partial charge is 0.481 e. The molecule has 0 spiro atoms. The summed E-state index contributed by atoms with van der Waals surface area (Å²) in [6.45, 7) is 9.80. The number of ketones is 2. The third-order valence-electron chi connectivity index (χ3n) is 14.5. The van der Waals surface area contributed by atoms with Crippen LogP contribution in [0.25, 0.3) is 27.5 Å². The summed E-state index contributed by atoms with van der Waals surface area (Å²) in [5, 5.41) is 27.5. The molecule has 1 heterocycles. The number of hydrogen-bond acceptors (Lipinski definition) is 7. The molecule has 7 aromatic rings. The number of aliphatic carboxylic acids is 1. The number of anilines is 2. The molecule has 4 N–H and O–H groups in total. The SMILES string of the molecule is C.CC1=CC(=O)Cc2cc3oc4ccccc4c3cc21.Cc1ccc(CC(=O)c2ccccc2C(=O)O)cc1C.Cc1cccc(NC(=O)C2CCCCC2)c1Cl.Cc1cccc(NC(=O)[C@H]2CCCC[C@H]2C(=O)O)c1Cl. The molecule has 1 aromatic heterocycles. The predicted octanol–water partition coefficient (Wildman–Crippen LogP) is 15.8. The van der Waals surface area contributed by atoms with Gasteiger partial charge in [0.05, 0.1) is 38.8 Å². The number of para-hydroxylation sites is 1. The van der Waals surface area contributed by atoms with Gasteiger partial charge in [-0.3, -0.25) is 24.0 Å². The Hall–Kier alpha value is -7.34. The highest BCUT2D eigenvalue weighted by molar-refractivity contribution is 6.35. The number of carboxylic acids is 2. The molecule has 3 aliphatic rings. The summed E-state index contributed by atoms with van der Waals surface area (Å²) < 4.78 is 5.86. The van der Waals surface area contributed by atoms with Gasteiger partial charge in [0, 0.05) is 35.1 Å². The Bertz CT molecular complexity index is 3350. The van der Waals surface area contributed by atoms with E-state index < -0.39 is 23.8 Å². The van der Waals surface area contributed by atoms with Gasteiger partial charge in [-0.15, -0.1) is 0 Å². The van der Waals surface area contributed by atoms with Crippen molar-refractivity contribution in [2.45, 2.75) is 113 Å². The van der Waals surface area contributed by atoms with E-state index in [-0.39, 0.29) is 54.3 Å². The standard InChI is InChI=1S/C17H16O3.C17H12O2.C15H18ClNO3.C14H18ClNO.CH4/c1-11-7-8-13(9-12(11)2)10-16(18)14-5-3-4-6-15(14)17(19)20;1-10-6-12(18)7-11-8-17-15(9-14(10)11)13-4-2-3-5-16(13)19-17;1-9-5-4-8-12(13(9)16)17-14(18)10-6-2-3-7-11(10)15(19)20;1-10-6-5-9-12(13(10)15)16-14(17)11-7-3-2-4-8-11;/h3-9H,10H2,1-2H3,(H,19,20);2-6,8-9H,7H2,1H3;4-5,8,10-11H,2-3,6-7H2,1H3,(H,17,18)(H,19,20);5-6,9,11H,2-4,7-8H2,1H3,(H,16,17);1H4/t;;10-,11+;;/m..0../s1. The van der Waals surface area contributed by atoms with Crippen LogP contribution < -0.4 is 10.6 Å². The van der Waals surface area contributed by atoms with Crippen LogP contribution in [0.1, 0.15) is 132 Å². The quantitative estimate of drug-likeness (QED) is 0.102. The Balaban J connectivity index is 0.000000166. The summed E-state index contributed by atoms with van der Waals surface area (Å²) in [5.41, 5.74) is 11.7. The van der Waals surface area contributed by atoms with E-state index in [0.29, 0.717) is 35.0 Å². The number of hydrogen-bond donors (Lipinski definition) is 4. The summed E-state index contributed by atoms with van der Waals surface area (Å²) in [6.07, 6.45) is 11.0. The van der Waals surface area contributed by atoms with E-state index in [0.717, 1.165) is 86.7 Å². The Kier molecular flexibility index (Phi) is 20.7. The lowest BCUT2D eigenvalue weighted by atomic mass is 9.78. The zero-order valence-corrected chi connectivity index (χ0v) is 45.1. The number of Topliss-reactive ketones (excluding diaryl/α,β-unsaturated/α-hetero) is 1. The molecule has 402 valence electrons. The van der Waals surface area contributed by atoms with E-state index >= 15 is 0 Å². The molecule has 0 bridgehead atoms. The zero-order chi connectivity index (χ0) is 54.6. The Labute approximate surface area is 461 Å². The van der Waals surface area contributed by atoms with Crippen molar-refractivity contribution in [2.75, 3.05) is 10.6 Å². The Morgan fingerprint density at radius 1 is 0.584 bits per heavy atom. The van der Waals surface area contributed by atoms with E-state index in [9.17, 15) is 33.9 Å². The topological polar surface area (TPSA) is 180 Å². The second kappa shape index (κ2) is 27.1. The van der Waals surface area contributed by atoms with E-state index in [2.05, 4.69) is 22.8 Å². The minimum atomic E-state index is -1.07. The number of carboxylic acid groups (broad SMARTS) is 2. The highest BCUT2D eigenvalue weighted by Crippen LogP contribution is 2.36. The van der Waals surface area contributed by atoms with Crippen molar-refractivity contribution in [1.29, 1.82) is 0 Å². The number of benzene rings is 6. The van der Waals surface area contributed by atoms with Crippen molar-refractivity contribution in [2.24, 2.45) is 17.8 Å². The number of nitrogens with one attached hydrogen (secondary N) is 2. The molecule has 2 saturated carbocycles. The first-order valence-corrected chi connectivity index (χ1v) is 26.6. The molecule has 77 heavy (non-hydrogen) atoms. The number of allylic oxidation sites excluding steroid dienone is 2. The molecule has 0 radical (unpaired) electrons. The molecule has 0 aliphatic heterocycles. The van der Waals surface area contributed by atoms with Crippen LogP contribution in [0.2, 0.25) is 10.0 Å². The number of amides is 2. The molecule has 2 fully saturated rings. The summed E-state index contributed by atoms with van der Waals surface area (Å²) >= 11 is 12.3. The fourth-order valence-electron chi connectivity index (χ4n) is 10.0. The first kappa shape index (κ1) is 58.9. The maximum atomic E-state index is 12.3. The second-order valence-corrected chi connectivity index (χ2v) is 20.7. The van der Waals surface area contributed by atoms with Crippen molar-refractivity contribution in [3.8, 4) is 0 Å². The lowest BCUT2D eigenvalue weighted by Crippen LogP contribution is -2.36. The van der Waals surface area contributed by atoms with Crippen LogP contribution in [-0.2, 0) is 32.0 Å². The highest BCUT2D eigenvalue weighted by Gasteiger charge is 2.36. The molecule has 2 amide bonds. The van der Waals surface area contributed by atoms with Crippen molar-refractivity contribution in [1.82, 2.24) is 0 Å². The first-order valence-electron chi connectivity index (χ1n) is 25.8. The minimum Gasteiger partial charge on any atom is -0.481 e. The molecule has 11 nitrogen and oxygen atoms in total. The average Bonchev–Trinajstić information content (AvgIpc) is 3.78. The first-order chi connectivity index (χ1) is 36.4. The number of carbonyl (C=O) groups excluding carboxylic acids is 4. The van der Waals surface area contributed by atoms with Gasteiger partial charge in [0.1, 0.15) is 11.2 Å². The molecule has 10 rings (SSSR count). The lowest BCUT2D eigenvalue weighted by Gasteiger charge is -2.27. The van der Waals surface area contributed by atoms with Gasteiger partial charge in [-0.25, -0.2) is 4.79 Å². The van der Waals surface area contributed by atoms with Gasteiger partial charge in [0.25, 0.3) is 0 Å². The molecule has 13 heteroatoms. The van der Waals surface area contributed by atoms with Crippen LogP contribution in [0.4, 0.5) is 11.4 Å². The molecule has 2 atom stereocenters. The number of carbonyl (C=O) groups is 6. The van der Waals surface area contributed by atoms with E-state index in [1.165, 1.54) is 36.5 Å². The normalized spacial score (nSPS) is 15.8. The molecular weight excluding hydrogens is 1010 g/mol. The minimum absolute atomic E-state index is 0. The molecule has 3 aliphatic carbocycles. The van der Waals surface area contributed by atoms with Gasteiger partial charge >= 0.3 is 11.9 Å². The third kappa shape index (κ3) is 15.0. The molecule has 0 saturated heterocycles. The number of halogens is 2. The monoisotopic (exact) mass is 1080 g/mol. The van der Waals surface area contributed by atoms with Crippen molar-refractivity contribution < 1.29 is 43.4 Å². The van der Waals surface area contributed by atoms with Gasteiger partial charge in [-0.1, -0.05) is 142 Å². The summed E-state index contributed by atoms with van der Waals surface area (Å²) in [7, 11) is 0. The highest BCUT2D eigenvalue weighted by atomic mass is 35.5. The van der Waals surface area contributed by atoms with Crippen molar-refractivity contribution in [3.05, 3.63) is 181 Å². The number of aryl methyl sites for hydroxylation is 4.